The SMILES string of the molecule is CCC(=O)OCC#CC#CCOC(=O)CC. The Morgan fingerprint density at radius 2 is 1.25 bits per heavy atom. The minimum Gasteiger partial charge on any atom is -0.452 e. The number of hydrogen-bond donors (Lipinski definition) is 0. The smallest absolute Gasteiger partial charge is 0.306 e. The lowest BCUT2D eigenvalue weighted by Crippen LogP contribution is -2.02. The van der Waals surface area contributed by atoms with E-state index in [1.165, 1.54) is 0 Å². The van der Waals surface area contributed by atoms with Crippen molar-refractivity contribution >= 4 is 11.9 Å². The van der Waals surface area contributed by atoms with Crippen LogP contribution in [0.2, 0.25) is 0 Å². The summed E-state index contributed by atoms with van der Waals surface area (Å²) in [6, 6.07) is 0. The van der Waals surface area contributed by atoms with Crippen LogP contribution in [0, 0.1) is 23.7 Å². The standard InChI is InChI=1S/C12H14O4/c1-3-11(13)15-9-7-5-6-8-10-16-12(14)4-2/h3-4,9-10H2,1-2H3. The molecule has 0 saturated heterocycles. The molecular weight excluding hydrogens is 208 g/mol. The summed E-state index contributed by atoms with van der Waals surface area (Å²) in [6.07, 6.45) is 0.667. The van der Waals surface area contributed by atoms with Gasteiger partial charge in [-0.3, -0.25) is 9.59 Å². The van der Waals surface area contributed by atoms with Crippen LogP contribution >= 0.6 is 0 Å². The zero-order valence-corrected chi connectivity index (χ0v) is 9.46. The Balaban J connectivity index is 3.63. The Labute approximate surface area is 95.3 Å². The number of carbonyl (C=O) groups excluding carboxylic acids is 2. The summed E-state index contributed by atoms with van der Waals surface area (Å²) in [6.45, 7) is 3.49. The number of hydrogen-bond acceptors (Lipinski definition) is 4. The van der Waals surface area contributed by atoms with E-state index in [1.807, 2.05) is 0 Å². The van der Waals surface area contributed by atoms with Crippen molar-refractivity contribution in [3.05, 3.63) is 0 Å². The first-order valence-corrected chi connectivity index (χ1v) is 4.97. The van der Waals surface area contributed by atoms with E-state index in [0.717, 1.165) is 0 Å². The largest absolute Gasteiger partial charge is 0.452 e. The van der Waals surface area contributed by atoms with Crippen molar-refractivity contribution in [3.8, 4) is 23.7 Å². The summed E-state index contributed by atoms with van der Waals surface area (Å²) >= 11 is 0. The van der Waals surface area contributed by atoms with Gasteiger partial charge in [0.05, 0.1) is 0 Å². The maximum Gasteiger partial charge on any atom is 0.306 e. The van der Waals surface area contributed by atoms with Crippen molar-refractivity contribution in [2.45, 2.75) is 26.7 Å². The average molecular weight is 222 g/mol. The number of rotatable bonds is 4. The maximum atomic E-state index is 10.7. The normalized spacial score (nSPS) is 7.88. The van der Waals surface area contributed by atoms with Gasteiger partial charge < -0.3 is 9.47 Å². The van der Waals surface area contributed by atoms with Crippen LogP contribution in [0.1, 0.15) is 26.7 Å². The molecule has 0 rings (SSSR count). The van der Waals surface area contributed by atoms with Gasteiger partial charge in [0.2, 0.25) is 0 Å². The molecule has 0 fully saturated rings. The minimum absolute atomic E-state index is 0.0378. The van der Waals surface area contributed by atoms with Crippen molar-refractivity contribution in [2.24, 2.45) is 0 Å². The maximum absolute atomic E-state index is 10.7. The zero-order valence-electron chi connectivity index (χ0n) is 9.46. The molecule has 0 aliphatic heterocycles. The quantitative estimate of drug-likeness (QED) is 0.524. The van der Waals surface area contributed by atoms with Gasteiger partial charge in [-0.1, -0.05) is 13.8 Å². The van der Waals surface area contributed by atoms with Gasteiger partial charge in [0.1, 0.15) is 0 Å². The second kappa shape index (κ2) is 9.61. The van der Waals surface area contributed by atoms with Crippen molar-refractivity contribution < 1.29 is 19.1 Å². The molecule has 0 spiro atoms. The Hall–Kier alpha value is -1.94. The fraction of sp³-hybridized carbons (Fsp3) is 0.500. The van der Waals surface area contributed by atoms with Gasteiger partial charge in [-0.25, -0.2) is 0 Å². The highest BCUT2D eigenvalue weighted by Crippen LogP contribution is 1.82. The molecule has 0 aromatic carbocycles. The molecule has 0 bridgehead atoms. The molecule has 0 N–H and O–H groups in total. The highest BCUT2D eigenvalue weighted by Gasteiger charge is 1.93. The van der Waals surface area contributed by atoms with Gasteiger partial charge in [-0.05, 0) is 23.7 Å². The van der Waals surface area contributed by atoms with Gasteiger partial charge in [-0.2, -0.15) is 0 Å². The molecule has 0 aliphatic carbocycles. The van der Waals surface area contributed by atoms with E-state index < -0.39 is 0 Å². The lowest BCUT2D eigenvalue weighted by Gasteiger charge is -1.94. The minimum atomic E-state index is -0.292. The van der Waals surface area contributed by atoms with Gasteiger partial charge in [-0.15, -0.1) is 0 Å². The Bertz CT molecular complexity index is 313. The monoisotopic (exact) mass is 222 g/mol. The third kappa shape index (κ3) is 8.65. The first-order chi connectivity index (χ1) is 7.70. The van der Waals surface area contributed by atoms with Crippen LogP contribution in [-0.4, -0.2) is 25.2 Å². The number of carbonyl (C=O) groups is 2. The van der Waals surface area contributed by atoms with Crippen LogP contribution < -0.4 is 0 Å². The fourth-order valence-electron chi connectivity index (χ4n) is 0.598. The molecule has 0 atom stereocenters. The van der Waals surface area contributed by atoms with Crippen LogP contribution in [0.5, 0.6) is 0 Å². The molecule has 0 saturated carbocycles. The molecule has 0 radical (unpaired) electrons. The topological polar surface area (TPSA) is 52.6 Å². The van der Waals surface area contributed by atoms with Crippen molar-refractivity contribution in [2.75, 3.05) is 13.2 Å². The molecule has 0 amide bonds. The number of ether oxygens (including phenoxy) is 2. The van der Waals surface area contributed by atoms with Crippen LogP contribution in [0.3, 0.4) is 0 Å². The summed E-state index contributed by atoms with van der Waals surface area (Å²) < 4.78 is 9.38. The van der Waals surface area contributed by atoms with E-state index in [9.17, 15) is 9.59 Å². The van der Waals surface area contributed by atoms with Crippen molar-refractivity contribution in [3.63, 3.8) is 0 Å². The van der Waals surface area contributed by atoms with E-state index in [4.69, 9.17) is 0 Å². The molecular formula is C12H14O4. The highest BCUT2D eigenvalue weighted by atomic mass is 16.5. The van der Waals surface area contributed by atoms with Gasteiger partial charge in [0.15, 0.2) is 13.2 Å². The summed E-state index contributed by atoms with van der Waals surface area (Å²) in [7, 11) is 0. The van der Waals surface area contributed by atoms with Gasteiger partial charge >= 0.3 is 11.9 Å². The average Bonchev–Trinajstić information content (AvgIpc) is 2.31. The lowest BCUT2D eigenvalue weighted by atomic mass is 10.5. The van der Waals surface area contributed by atoms with Crippen molar-refractivity contribution in [1.82, 2.24) is 0 Å². The third-order valence-electron chi connectivity index (χ3n) is 1.43. The molecule has 0 aromatic rings. The molecule has 4 nitrogen and oxygen atoms in total. The van der Waals surface area contributed by atoms with E-state index in [2.05, 4.69) is 33.2 Å². The summed E-state index contributed by atoms with van der Waals surface area (Å²) in [4.78, 5) is 21.3. The molecule has 0 heterocycles. The summed E-state index contributed by atoms with van der Waals surface area (Å²) in [5, 5.41) is 0. The van der Waals surface area contributed by atoms with E-state index in [0.29, 0.717) is 12.8 Å². The molecule has 0 unspecified atom stereocenters. The first-order valence-electron chi connectivity index (χ1n) is 4.97. The molecule has 86 valence electrons. The predicted octanol–water partition coefficient (Wildman–Crippen LogP) is 0.900. The predicted molar refractivity (Wildman–Crippen MR) is 58.1 cm³/mol. The molecule has 16 heavy (non-hydrogen) atoms. The second-order valence-electron chi connectivity index (χ2n) is 2.63. The summed E-state index contributed by atoms with van der Waals surface area (Å²) in [5.74, 6) is 9.46. The van der Waals surface area contributed by atoms with Crippen LogP contribution in [0.15, 0.2) is 0 Å². The molecule has 4 heteroatoms. The second-order valence-corrected chi connectivity index (χ2v) is 2.63. The lowest BCUT2D eigenvalue weighted by molar-refractivity contribution is -0.142. The van der Waals surface area contributed by atoms with E-state index in [-0.39, 0.29) is 25.2 Å². The number of esters is 2. The zero-order chi connectivity index (χ0) is 12.2. The van der Waals surface area contributed by atoms with E-state index >= 15 is 0 Å². The Morgan fingerprint density at radius 1 is 0.875 bits per heavy atom. The van der Waals surface area contributed by atoms with Gasteiger partial charge in [0.25, 0.3) is 0 Å². The Kier molecular flexibility index (Phi) is 8.44. The Morgan fingerprint density at radius 3 is 1.56 bits per heavy atom. The van der Waals surface area contributed by atoms with Crippen LogP contribution in [0.4, 0.5) is 0 Å². The van der Waals surface area contributed by atoms with E-state index in [1.54, 1.807) is 13.8 Å². The highest BCUT2D eigenvalue weighted by molar-refractivity contribution is 5.69. The fourth-order valence-corrected chi connectivity index (χ4v) is 0.598. The van der Waals surface area contributed by atoms with Gasteiger partial charge in [0, 0.05) is 12.8 Å². The third-order valence-corrected chi connectivity index (χ3v) is 1.43. The summed E-state index contributed by atoms with van der Waals surface area (Å²) in [5.41, 5.74) is 0. The van der Waals surface area contributed by atoms with Crippen molar-refractivity contribution in [1.29, 1.82) is 0 Å². The van der Waals surface area contributed by atoms with Crippen LogP contribution in [-0.2, 0) is 19.1 Å². The first kappa shape index (κ1) is 14.1. The molecule has 0 aromatic heterocycles. The molecule has 0 aliphatic rings. The van der Waals surface area contributed by atoms with Crippen LogP contribution in [0.25, 0.3) is 0 Å².